The largest absolute Gasteiger partial charge is 0.507 e. The first-order valence-electron chi connectivity index (χ1n) is 19.9. The van der Waals surface area contributed by atoms with E-state index in [4.69, 9.17) is 9.47 Å². The summed E-state index contributed by atoms with van der Waals surface area (Å²) in [6.07, 6.45) is 4.28. The Balaban J connectivity index is 0.000000152. The molecular weight excluding hydrogens is 725 g/mol. The maximum atomic E-state index is 11.2. The van der Waals surface area contributed by atoms with Gasteiger partial charge in [-0.2, -0.15) is 9.15 Å². The molecule has 2 aliphatic heterocycles. The Hall–Kier alpha value is -7.50. The van der Waals surface area contributed by atoms with Crippen LogP contribution in [-0.4, -0.2) is 40.1 Å². The van der Waals surface area contributed by atoms with E-state index in [1.54, 1.807) is 0 Å². The zero-order chi connectivity index (χ0) is 40.1. The van der Waals surface area contributed by atoms with Crippen molar-refractivity contribution in [2.45, 2.75) is 13.8 Å². The summed E-state index contributed by atoms with van der Waals surface area (Å²) in [5, 5.41) is 11.2. The monoisotopic (exact) mass is 768 g/mol. The van der Waals surface area contributed by atoms with Crippen molar-refractivity contribution in [1.82, 2.24) is 0 Å². The number of ether oxygens (including phenoxy) is 2. The smallest absolute Gasteiger partial charge is 0.292 e. The molecule has 0 saturated carbocycles. The first-order chi connectivity index (χ1) is 29.0. The van der Waals surface area contributed by atoms with Gasteiger partial charge in [-0.05, 0) is 82.6 Å². The van der Waals surface area contributed by atoms with Crippen LogP contribution in [0.3, 0.4) is 0 Å². The topological polar surface area (TPSA) is 44.7 Å². The van der Waals surface area contributed by atoms with E-state index >= 15 is 0 Å². The van der Waals surface area contributed by atoms with E-state index in [9.17, 15) is 5.11 Å². The lowest BCUT2D eigenvalue weighted by molar-refractivity contribution is -0.476. The second-order valence-electron chi connectivity index (χ2n) is 14.8. The van der Waals surface area contributed by atoms with Gasteiger partial charge >= 0.3 is 0 Å². The minimum atomic E-state index is 0.283. The van der Waals surface area contributed by atoms with E-state index in [1.165, 1.54) is 27.8 Å². The molecule has 8 aromatic carbocycles. The number of nitrogens with zero attached hydrogens (tertiary/aromatic N) is 2. The van der Waals surface area contributed by atoms with Crippen molar-refractivity contribution in [3.8, 4) is 61.8 Å². The Bertz CT molecular complexity index is 2750. The Kier molecular flexibility index (Phi) is 10.4. The summed E-state index contributed by atoms with van der Waals surface area (Å²) >= 11 is 0. The van der Waals surface area contributed by atoms with Crippen LogP contribution < -0.4 is 9.47 Å². The Morgan fingerprint density at radius 3 is 1.20 bits per heavy atom. The molecule has 0 fully saturated rings. The van der Waals surface area contributed by atoms with Gasteiger partial charge in [-0.25, -0.2) is 0 Å². The lowest BCUT2D eigenvalue weighted by atomic mass is 9.96. The zero-order valence-corrected chi connectivity index (χ0v) is 33.1. The van der Waals surface area contributed by atoms with Crippen LogP contribution >= 0.6 is 0 Å². The summed E-state index contributed by atoms with van der Waals surface area (Å²) in [7, 11) is 0. The summed E-state index contributed by atoms with van der Waals surface area (Å²) in [6.45, 7) is 5.10. The van der Waals surface area contributed by atoms with Crippen molar-refractivity contribution < 1.29 is 23.7 Å². The highest BCUT2D eigenvalue weighted by Crippen LogP contribution is 2.42. The molecule has 2 aliphatic rings. The lowest BCUT2D eigenvalue weighted by Gasteiger charge is -2.17. The number of fused-ring (bicyclic) bond motifs is 2. The van der Waals surface area contributed by atoms with Crippen molar-refractivity contribution in [2.24, 2.45) is 0 Å². The quantitative estimate of drug-likeness (QED) is 0.171. The van der Waals surface area contributed by atoms with Gasteiger partial charge in [-0.3, -0.25) is 0 Å². The number of benzene rings is 8. The lowest BCUT2D eigenvalue weighted by Crippen LogP contribution is -2.21. The highest BCUT2D eigenvalue weighted by Gasteiger charge is 2.24. The summed E-state index contributed by atoms with van der Waals surface area (Å²) in [4.78, 5) is 0. The molecule has 1 N–H and O–H groups in total. The number of hydrogen-bond acceptors (Lipinski definition) is 3. The molecule has 0 atom stereocenters. The van der Waals surface area contributed by atoms with Gasteiger partial charge < -0.3 is 14.6 Å². The molecular formula is C54H44N2O3+2. The summed E-state index contributed by atoms with van der Waals surface area (Å²) in [6, 6.07) is 64.3. The number of rotatable bonds is 6. The average Bonchev–Trinajstić information content (AvgIpc) is 3.30. The highest BCUT2D eigenvalue weighted by atomic mass is 16.5. The highest BCUT2D eigenvalue weighted by molar-refractivity contribution is 5.87. The maximum absolute atomic E-state index is 11.2. The van der Waals surface area contributed by atoms with Crippen LogP contribution in [0.2, 0.25) is 0 Å². The number of para-hydroxylation sites is 2. The van der Waals surface area contributed by atoms with E-state index in [0.717, 1.165) is 61.8 Å². The predicted molar refractivity (Wildman–Crippen MR) is 240 cm³/mol. The van der Waals surface area contributed by atoms with Crippen LogP contribution in [0.15, 0.2) is 188 Å². The molecule has 0 aromatic heterocycles. The van der Waals surface area contributed by atoms with Crippen molar-refractivity contribution in [3.63, 3.8) is 0 Å². The number of aryl methyl sites for hydroxylation is 2. The molecule has 59 heavy (non-hydrogen) atoms. The molecule has 286 valence electrons. The standard InChI is InChI=1S/C27H21NO2.C27H22NO/c1-19-9-8-14-22-17-28(18-30-27(19)22)23-15-24(20-10-4-2-5-11-20)26(29)25(16-23)21-12-6-3-7-13-21;1-20-6-5-9-25-18-28(19-29-27(20)25)26-16-14-24(15-17-26)23-12-10-22(11-13-23)21-7-3-2-4-8-21/h2-17H,18H2,1H3;2-18H,19H2,1H3/q;+1/p+1. The fourth-order valence-corrected chi connectivity index (χ4v) is 7.72. The van der Waals surface area contributed by atoms with Gasteiger partial charge in [0.2, 0.25) is 11.4 Å². The van der Waals surface area contributed by atoms with Crippen LogP contribution in [0.1, 0.15) is 22.3 Å². The molecule has 5 nitrogen and oxygen atoms in total. The third-order valence-electron chi connectivity index (χ3n) is 10.9. The first-order valence-corrected chi connectivity index (χ1v) is 19.9. The molecule has 5 heteroatoms. The molecule has 0 amide bonds. The second-order valence-corrected chi connectivity index (χ2v) is 14.8. The maximum Gasteiger partial charge on any atom is 0.292 e. The van der Waals surface area contributed by atoms with E-state index in [0.29, 0.717) is 13.5 Å². The zero-order valence-electron chi connectivity index (χ0n) is 33.1. The Labute approximate surface area is 345 Å². The number of phenols is 1. The molecule has 0 spiro atoms. The third kappa shape index (κ3) is 7.92. The van der Waals surface area contributed by atoms with Crippen molar-refractivity contribution in [2.75, 3.05) is 13.5 Å². The minimum Gasteiger partial charge on any atom is -0.507 e. The van der Waals surface area contributed by atoms with E-state index in [2.05, 4.69) is 139 Å². The molecule has 10 rings (SSSR count). The second kappa shape index (κ2) is 16.5. The van der Waals surface area contributed by atoms with E-state index < -0.39 is 0 Å². The van der Waals surface area contributed by atoms with Crippen LogP contribution in [-0.2, 0) is 0 Å². The van der Waals surface area contributed by atoms with Crippen molar-refractivity contribution in [3.05, 3.63) is 210 Å². The summed E-state index contributed by atoms with van der Waals surface area (Å²) < 4.78 is 16.3. The van der Waals surface area contributed by atoms with Crippen molar-refractivity contribution in [1.29, 1.82) is 0 Å². The van der Waals surface area contributed by atoms with Gasteiger partial charge in [-0.1, -0.05) is 140 Å². The van der Waals surface area contributed by atoms with E-state index in [1.807, 2.05) is 84.9 Å². The van der Waals surface area contributed by atoms with Crippen molar-refractivity contribution >= 4 is 23.8 Å². The van der Waals surface area contributed by atoms with Gasteiger partial charge in [0.1, 0.15) is 17.2 Å². The average molecular weight is 769 g/mol. The summed E-state index contributed by atoms with van der Waals surface area (Å²) in [5.74, 6) is 2.20. The van der Waals surface area contributed by atoms with Gasteiger partial charge in [0, 0.05) is 35.4 Å². The fraction of sp³-hybridized carbons (Fsp3) is 0.0741. The Morgan fingerprint density at radius 2 is 0.763 bits per heavy atom. The number of phenolic OH excluding ortho intramolecular Hbond substituents is 1. The van der Waals surface area contributed by atoms with Crippen LogP contribution in [0.5, 0.6) is 17.2 Å². The normalized spacial score (nSPS) is 12.6. The molecule has 0 unspecified atom stereocenters. The summed E-state index contributed by atoms with van der Waals surface area (Å²) in [5.41, 5.74) is 15.0. The molecule has 0 bridgehead atoms. The predicted octanol–water partition coefficient (Wildman–Crippen LogP) is 12.6. The Morgan fingerprint density at radius 1 is 0.390 bits per heavy atom. The number of hydrogen-bond donors (Lipinski definition) is 1. The van der Waals surface area contributed by atoms with Crippen LogP contribution in [0.25, 0.3) is 44.5 Å². The van der Waals surface area contributed by atoms with Crippen LogP contribution in [0, 0.1) is 13.8 Å². The van der Waals surface area contributed by atoms with Gasteiger partial charge in [0.05, 0.1) is 11.1 Å². The molecule has 8 aromatic rings. The fourth-order valence-electron chi connectivity index (χ4n) is 7.72. The SMILES string of the molecule is Cc1cccc2c1OC[N+](c1cc(-c3ccccc3)c(O)c(-c3ccccc3)c1)=C2.Cc1cccc2c1OC[N+](c1ccc(-c3ccc(-c4ccccc4)cc3)cc1)=C2. The van der Waals surface area contributed by atoms with Gasteiger partial charge in [0.15, 0.2) is 12.4 Å². The molecule has 0 aliphatic carbocycles. The minimum absolute atomic E-state index is 0.283. The van der Waals surface area contributed by atoms with Gasteiger partial charge in [0.25, 0.3) is 13.5 Å². The first kappa shape index (κ1) is 37.1. The van der Waals surface area contributed by atoms with Gasteiger partial charge in [-0.15, -0.1) is 0 Å². The number of aromatic hydroxyl groups is 1. The molecule has 2 heterocycles. The molecule has 0 saturated heterocycles. The van der Waals surface area contributed by atoms with E-state index in [-0.39, 0.29) is 5.75 Å². The van der Waals surface area contributed by atoms with Crippen LogP contribution in [0.4, 0.5) is 11.4 Å². The molecule has 0 radical (unpaired) electrons. The third-order valence-corrected chi connectivity index (χ3v) is 10.9.